The third-order valence-corrected chi connectivity index (χ3v) is 3.94. The Kier molecular flexibility index (Phi) is 3.82. The van der Waals surface area contributed by atoms with Gasteiger partial charge in [0.25, 0.3) is 0 Å². The van der Waals surface area contributed by atoms with Gasteiger partial charge in [-0.05, 0) is 19.4 Å². The van der Waals surface area contributed by atoms with E-state index in [1.165, 1.54) is 0 Å². The molecule has 1 aliphatic rings. The number of aryl methyl sites for hydroxylation is 1. The predicted molar refractivity (Wildman–Crippen MR) is 68.6 cm³/mol. The SMILES string of the molecule is CCC(C)(C(=O)c1ccnn1C)N1CCOCC1. The number of rotatable bonds is 4. The Morgan fingerprint density at radius 2 is 2.17 bits per heavy atom. The number of hydrogen-bond acceptors (Lipinski definition) is 4. The number of nitrogens with zero attached hydrogens (tertiary/aromatic N) is 3. The minimum atomic E-state index is -0.461. The minimum absolute atomic E-state index is 0.145. The van der Waals surface area contributed by atoms with Gasteiger partial charge >= 0.3 is 0 Å². The molecule has 0 saturated carbocycles. The van der Waals surface area contributed by atoms with Crippen LogP contribution in [-0.4, -0.2) is 52.3 Å². The van der Waals surface area contributed by atoms with Gasteiger partial charge in [0.05, 0.1) is 18.8 Å². The second-order valence-electron chi connectivity index (χ2n) is 4.90. The van der Waals surface area contributed by atoms with Crippen molar-refractivity contribution in [2.75, 3.05) is 26.3 Å². The van der Waals surface area contributed by atoms with Crippen molar-refractivity contribution in [2.24, 2.45) is 7.05 Å². The molecule has 0 amide bonds. The van der Waals surface area contributed by atoms with Crippen molar-refractivity contribution < 1.29 is 9.53 Å². The lowest BCUT2D eigenvalue weighted by molar-refractivity contribution is -0.0109. The number of ether oxygens (including phenoxy) is 1. The number of ketones is 1. The van der Waals surface area contributed by atoms with Crippen molar-refractivity contribution in [2.45, 2.75) is 25.8 Å². The summed E-state index contributed by atoms with van der Waals surface area (Å²) in [6.45, 7) is 7.11. The second-order valence-corrected chi connectivity index (χ2v) is 4.90. The highest BCUT2D eigenvalue weighted by molar-refractivity contribution is 6.01. The molecule has 0 aliphatic carbocycles. The molecule has 100 valence electrons. The van der Waals surface area contributed by atoms with E-state index in [0.717, 1.165) is 19.5 Å². The highest BCUT2D eigenvalue weighted by atomic mass is 16.5. The van der Waals surface area contributed by atoms with Crippen LogP contribution in [0.5, 0.6) is 0 Å². The lowest BCUT2D eigenvalue weighted by Crippen LogP contribution is -2.56. The van der Waals surface area contributed by atoms with Crippen LogP contribution in [0.15, 0.2) is 12.3 Å². The van der Waals surface area contributed by atoms with Gasteiger partial charge in [-0.25, -0.2) is 0 Å². The van der Waals surface area contributed by atoms with Crippen molar-refractivity contribution in [1.82, 2.24) is 14.7 Å². The monoisotopic (exact) mass is 251 g/mol. The first-order chi connectivity index (χ1) is 8.59. The summed E-state index contributed by atoms with van der Waals surface area (Å²) in [4.78, 5) is 15.0. The molecule has 1 aromatic rings. The molecule has 1 aliphatic heterocycles. The van der Waals surface area contributed by atoms with Gasteiger partial charge in [-0.1, -0.05) is 6.92 Å². The Labute approximate surface area is 108 Å². The van der Waals surface area contributed by atoms with Crippen LogP contribution in [0.25, 0.3) is 0 Å². The van der Waals surface area contributed by atoms with Gasteiger partial charge in [0.2, 0.25) is 5.78 Å². The average molecular weight is 251 g/mol. The normalized spacial score (nSPS) is 20.6. The fraction of sp³-hybridized carbons (Fsp3) is 0.692. The highest BCUT2D eigenvalue weighted by Crippen LogP contribution is 2.25. The summed E-state index contributed by atoms with van der Waals surface area (Å²) >= 11 is 0. The molecule has 1 atom stereocenters. The summed E-state index contributed by atoms with van der Waals surface area (Å²) in [5.74, 6) is 0.145. The maximum atomic E-state index is 12.7. The number of aromatic nitrogens is 2. The Hall–Kier alpha value is -1.20. The third-order valence-electron chi connectivity index (χ3n) is 3.94. The van der Waals surface area contributed by atoms with Gasteiger partial charge < -0.3 is 4.74 Å². The smallest absolute Gasteiger partial charge is 0.200 e. The lowest BCUT2D eigenvalue weighted by atomic mass is 9.88. The van der Waals surface area contributed by atoms with E-state index in [4.69, 9.17) is 4.74 Å². The van der Waals surface area contributed by atoms with Crippen molar-refractivity contribution in [3.63, 3.8) is 0 Å². The maximum Gasteiger partial charge on any atom is 0.200 e. The number of Topliss-reactive ketones (excluding diaryl/α,β-unsaturated/α-hetero) is 1. The summed E-state index contributed by atoms with van der Waals surface area (Å²) in [6, 6.07) is 1.79. The zero-order valence-corrected chi connectivity index (χ0v) is 11.3. The first-order valence-electron chi connectivity index (χ1n) is 6.45. The fourth-order valence-electron chi connectivity index (χ4n) is 2.46. The number of morpholine rings is 1. The van der Waals surface area contributed by atoms with E-state index in [1.807, 2.05) is 14.0 Å². The van der Waals surface area contributed by atoms with Crippen LogP contribution in [0, 0.1) is 0 Å². The minimum Gasteiger partial charge on any atom is -0.379 e. The molecule has 18 heavy (non-hydrogen) atoms. The van der Waals surface area contributed by atoms with Crippen LogP contribution in [0.3, 0.4) is 0 Å². The van der Waals surface area contributed by atoms with Crippen LogP contribution >= 0.6 is 0 Å². The van der Waals surface area contributed by atoms with E-state index < -0.39 is 5.54 Å². The molecule has 1 fully saturated rings. The van der Waals surface area contributed by atoms with Gasteiger partial charge in [0.15, 0.2) is 0 Å². The summed E-state index contributed by atoms with van der Waals surface area (Å²) in [7, 11) is 1.81. The van der Waals surface area contributed by atoms with E-state index in [9.17, 15) is 4.79 Å². The first kappa shape index (κ1) is 13.2. The van der Waals surface area contributed by atoms with Crippen LogP contribution in [0.1, 0.15) is 30.8 Å². The molecule has 1 unspecified atom stereocenters. The second kappa shape index (κ2) is 5.20. The molecule has 2 rings (SSSR count). The van der Waals surface area contributed by atoms with Crippen LogP contribution in [-0.2, 0) is 11.8 Å². The molecule has 5 heteroatoms. The molecule has 5 nitrogen and oxygen atoms in total. The fourth-order valence-corrected chi connectivity index (χ4v) is 2.46. The molecule has 1 saturated heterocycles. The van der Waals surface area contributed by atoms with Crippen molar-refractivity contribution in [1.29, 1.82) is 0 Å². The number of hydrogen-bond donors (Lipinski definition) is 0. The Morgan fingerprint density at radius 3 is 2.67 bits per heavy atom. The predicted octanol–water partition coefficient (Wildman–Crippen LogP) is 1.10. The molecule has 2 heterocycles. The molecule has 0 N–H and O–H groups in total. The molecule has 0 spiro atoms. The van der Waals surface area contributed by atoms with Crippen molar-refractivity contribution >= 4 is 5.78 Å². The molecular weight excluding hydrogens is 230 g/mol. The summed E-state index contributed by atoms with van der Waals surface area (Å²) in [5, 5.41) is 4.08. The van der Waals surface area contributed by atoms with E-state index >= 15 is 0 Å². The number of carbonyl (C=O) groups excluding carboxylic acids is 1. The zero-order valence-electron chi connectivity index (χ0n) is 11.3. The first-order valence-corrected chi connectivity index (χ1v) is 6.45. The Bertz CT molecular complexity index is 424. The van der Waals surface area contributed by atoms with Crippen molar-refractivity contribution in [3.8, 4) is 0 Å². The van der Waals surface area contributed by atoms with Gasteiger partial charge in [-0.15, -0.1) is 0 Å². The van der Waals surface area contributed by atoms with Gasteiger partial charge in [-0.3, -0.25) is 14.4 Å². The summed E-state index contributed by atoms with van der Waals surface area (Å²) in [5.41, 5.74) is 0.211. The summed E-state index contributed by atoms with van der Waals surface area (Å²) in [6.07, 6.45) is 2.46. The lowest BCUT2D eigenvalue weighted by Gasteiger charge is -2.41. The van der Waals surface area contributed by atoms with Crippen molar-refractivity contribution in [3.05, 3.63) is 18.0 Å². The topological polar surface area (TPSA) is 47.4 Å². The van der Waals surface area contributed by atoms with Gasteiger partial charge in [-0.2, -0.15) is 5.10 Å². The van der Waals surface area contributed by atoms with E-state index in [0.29, 0.717) is 18.9 Å². The molecule has 1 aromatic heterocycles. The van der Waals surface area contributed by atoms with E-state index in [2.05, 4.69) is 16.9 Å². The van der Waals surface area contributed by atoms with Crippen LogP contribution in [0.4, 0.5) is 0 Å². The maximum absolute atomic E-state index is 12.7. The molecular formula is C13H21N3O2. The van der Waals surface area contributed by atoms with Crippen LogP contribution in [0.2, 0.25) is 0 Å². The van der Waals surface area contributed by atoms with Gasteiger partial charge in [0.1, 0.15) is 5.69 Å². The van der Waals surface area contributed by atoms with E-state index in [-0.39, 0.29) is 5.78 Å². The number of carbonyl (C=O) groups is 1. The molecule has 0 bridgehead atoms. The molecule has 0 radical (unpaired) electrons. The Morgan fingerprint density at radius 1 is 1.50 bits per heavy atom. The third kappa shape index (κ3) is 2.20. The Balaban J connectivity index is 2.26. The summed E-state index contributed by atoms with van der Waals surface area (Å²) < 4.78 is 7.01. The highest BCUT2D eigenvalue weighted by Gasteiger charge is 2.39. The van der Waals surface area contributed by atoms with E-state index in [1.54, 1.807) is 16.9 Å². The zero-order chi connectivity index (χ0) is 13.2. The largest absolute Gasteiger partial charge is 0.379 e. The van der Waals surface area contributed by atoms with Gasteiger partial charge in [0, 0.05) is 26.3 Å². The molecule has 0 aromatic carbocycles. The standard InChI is InChI=1S/C13H21N3O2/c1-4-13(2,16-7-9-18-10-8-16)12(17)11-5-6-14-15(11)3/h5-6H,4,7-10H2,1-3H3. The van der Waals surface area contributed by atoms with Crippen LogP contribution < -0.4 is 0 Å². The quantitative estimate of drug-likeness (QED) is 0.752. The average Bonchev–Trinajstić information content (AvgIpc) is 2.84.